The standard InChI is InChI=1S/C23H33NO4Si/c1-17(13-11-12-16-27-29(6,7)23(3,4)5)21(25)24-18(2)20(28-22(24)26)19-14-9-8-10-15-19/h8-10,14-15,17-18,20H,13,16H2,1-7H3. The Kier molecular flexibility index (Phi) is 7.31. The van der Waals surface area contributed by atoms with Crippen molar-refractivity contribution in [3.05, 3.63) is 35.9 Å². The average molecular weight is 416 g/mol. The molecular formula is C23H33NO4Si. The first-order valence-electron chi connectivity index (χ1n) is 10.1. The number of carbonyl (C=O) groups excluding carboxylic acids is 2. The quantitative estimate of drug-likeness (QED) is 0.493. The maximum Gasteiger partial charge on any atom is 0.417 e. The Morgan fingerprint density at radius 1 is 1.24 bits per heavy atom. The number of benzene rings is 1. The maximum absolute atomic E-state index is 12.8. The fourth-order valence-corrected chi connectivity index (χ4v) is 3.75. The summed E-state index contributed by atoms with van der Waals surface area (Å²) in [6.45, 7) is 14.9. The molecule has 0 radical (unpaired) electrons. The average Bonchev–Trinajstić information content (AvgIpc) is 2.94. The smallest absolute Gasteiger partial charge is 0.417 e. The van der Waals surface area contributed by atoms with Gasteiger partial charge in [0.2, 0.25) is 5.91 Å². The first-order chi connectivity index (χ1) is 13.5. The molecule has 2 amide bonds. The van der Waals surface area contributed by atoms with Crippen LogP contribution in [0.2, 0.25) is 18.1 Å². The lowest BCUT2D eigenvalue weighted by Gasteiger charge is -2.35. The van der Waals surface area contributed by atoms with Gasteiger partial charge in [0.25, 0.3) is 0 Å². The van der Waals surface area contributed by atoms with Gasteiger partial charge in [0.1, 0.15) is 6.10 Å². The molecule has 1 saturated heterocycles. The van der Waals surface area contributed by atoms with Crippen molar-refractivity contribution in [3.63, 3.8) is 0 Å². The molecule has 0 aromatic heterocycles. The summed E-state index contributed by atoms with van der Waals surface area (Å²) < 4.78 is 11.5. The molecule has 6 heteroatoms. The zero-order valence-electron chi connectivity index (χ0n) is 18.6. The van der Waals surface area contributed by atoms with Crippen molar-refractivity contribution >= 4 is 20.3 Å². The van der Waals surface area contributed by atoms with Crippen molar-refractivity contribution < 1.29 is 18.8 Å². The van der Waals surface area contributed by atoms with Crippen LogP contribution in [-0.4, -0.2) is 37.9 Å². The molecule has 2 rings (SSSR count). The number of hydrogen-bond donors (Lipinski definition) is 0. The topological polar surface area (TPSA) is 55.8 Å². The summed E-state index contributed by atoms with van der Waals surface area (Å²) in [5.41, 5.74) is 0.888. The molecule has 0 spiro atoms. The highest BCUT2D eigenvalue weighted by atomic mass is 28.4. The van der Waals surface area contributed by atoms with Crippen molar-refractivity contribution in [1.29, 1.82) is 0 Å². The zero-order valence-corrected chi connectivity index (χ0v) is 19.6. The summed E-state index contributed by atoms with van der Waals surface area (Å²) in [4.78, 5) is 26.4. The lowest BCUT2D eigenvalue weighted by molar-refractivity contribution is -0.132. The zero-order chi connectivity index (χ0) is 21.8. The van der Waals surface area contributed by atoms with Gasteiger partial charge in [-0.1, -0.05) is 63.9 Å². The van der Waals surface area contributed by atoms with E-state index in [-0.39, 0.29) is 22.9 Å². The summed E-state index contributed by atoms with van der Waals surface area (Å²) in [6.07, 6.45) is -0.645. The second kappa shape index (κ2) is 9.14. The third-order valence-electron chi connectivity index (χ3n) is 5.90. The van der Waals surface area contributed by atoms with E-state index in [2.05, 4.69) is 45.7 Å². The van der Waals surface area contributed by atoms with Gasteiger partial charge in [-0.25, -0.2) is 9.69 Å². The van der Waals surface area contributed by atoms with Gasteiger partial charge in [-0.05, 0) is 30.6 Å². The molecule has 3 atom stereocenters. The van der Waals surface area contributed by atoms with Crippen LogP contribution >= 0.6 is 0 Å². The lowest BCUT2D eigenvalue weighted by Crippen LogP contribution is -2.41. The van der Waals surface area contributed by atoms with Crippen LogP contribution in [0.15, 0.2) is 30.3 Å². The highest BCUT2D eigenvalue weighted by Gasteiger charge is 2.44. The highest BCUT2D eigenvalue weighted by Crippen LogP contribution is 2.36. The van der Waals surface area contributed by atoms with Gasteiger partial charge in [-0.15, -0.1) is 5.92 Å². The third-order valence-corrected chi connectivity index (χ3v) is 10.4. The van der Waals surface area contributed by atoms with E-state index in [1.54, 1.807) is 6.92 Å². The summed E-state index contributed by atoms with van der Waals surface area (Å²) in [5.74, 6) is 5.42. The highest BCUT2D eigenvalue weighted by molar-refractivity contribution is 6.74. The van der Waals surface area contributed by atoms with Crippen LogP contribution < -0.4 is 0 Å². The SMILES string of the molecule is CC(CC#CCO[Si](C)(C)C(C)(C)C)C(=O)N1C(=O)OC(c2ccccc2)C1C. The molecule has 3 unspecified atom stereocenters. The molecule has 5 nitrogen and oxygen atoms in total. The Balaban J connectivity index is 1.93. The number of cyclic esters (lactones) is 1. The molecule has 1 fully saturated rings. The Hall–Kier alpha value is -2.10. The predicted molar refractivity (Wildman–Crippen MR) is 117 cm³/mol. The van der Waals surface area contributed by atoms with Crippen molar-refractivity contribution in [1.82, 2.24) is 4.90 Å². The van der Waals surface area contributed by atoms with Gasteiger partial charge in [0.05, 0.1) is 12.6 Å². The van der Waals surface area contributed by atoms with Gasteiger partial charge < -0.3 is 9.16 Å². The molecule has 158 valence electrons. The van der Waals surface area contributed by atoms with E-state index >= 15 is 0 Å². The van der Waals surface area contributed by atoms with E-state index in [0.717, 1.165) is 5.56 Å². The van der Waals surface area contributed by atoms with Gasteiger partial charge >= 0.3 is 6.09 Å². The van der Waals surface area contributed by atoms with E-state index in [1.165, 1.54) is 4.90 Å². The number of imide groups is 1. The van der Waals surface area contributed by atoms with Gasteiger partial charge in [0.15, 0.2) is 8.32 Å². The van der Waals surface area contributed by atoms with Crippen LogP contribution in [0.4, 0.5) is 4.79 Å². The Labute approximate surface area is 175 Å². The predicted octanol–water partition coefficient (Wildman–Crippen LogP) is 5.15. The van der Waals surface area contributed by atoms with E-state index in [9.17, 15) is 9.59 Å². The van der Waals surface area contributed by atoms with Crippen LogP contribution in [-0.2, 0) is 14.0 Å². The van der Waals surface area contributed by atoms with Crippen molar-refractivity contribution in [2.75, 3.05) is 6.61 Å². The Morgan fingerprint density at radius 2 is 1.86 bits per heavy atom. The summed E-state index contributed by atoms with van der Waals surface area (Å²) >= 11 is 0. The Bertz CT molecular complexity index is 789. The molecule has 1 aliphatic rings. The molecule has 29 heavy (non-hydrogen) atoms. The molecule has 1 aliphatic heterocycles. The summed E-state index contributed by atoms with van der Waals surface area (Å²) in [6, 6.07) is 9.15. The van der Waals surface area contributed by atoms with E-state index < -0.39 is 20.5 Å². The minimum absolute atomic E-state index is 0.138. The van der Waals surface area contributed by atoms with Crippen LogP contribution in [0, 0.1) is 17.8 Å². The fourth-order valence-electron chi connectivity index (χ4n) is 2.88. The molecule has 1 heterocycles. The molecular weight excluding hydrogens is 382 g/mol. The van der Waals surface area contributed by atoms with Crippen LogP contribution in [0.5, 0.6) is 0 Å². The number of amides is 2. The molecule has 0 N–H and O–H groups in total. The maximum atomic E-state index is 12.8. The van der Waals surface area contributed by atoms with Crippen molar-refractivity contribution in [2.45, 2.75) is 71.3 Å². The lowest BCUT2D eigenvalue weighted by atomic mass is 10.0. The van der Waals surface area contributed by atoms with E-state index in [0.29, 0.717) is 13.0 Å². The van der Waals surface area contributed by atoms with Gasteiger partial charge in [0, 0.05) is 12.3 Å². The monoisotopic (exact) mass is 415 g/mol. The van der Waals surface area contributed by atoms with Crippen LogP contribution in [0.3, 0.4) is 0 Å². The third kappa shape index (κ3) is 5.49. The number of carbonyl (C=O) groups is 2. The summed E-state index contributed by atoms with van der Waals surface area (Å²) in [7, 11) is -1.82. The first kappa shape index (κ1) is 23.2. The van der Waals surface area contributed by atoms with Crippen molar-refractivity contribution in [3.8, 4) is 11.8 Å². The molecule has 0 saturated carbocycles. The minimum atomic E-state index is -1.82. The molecule has 1 aromatic carbocycles. The van der Waals surface area contributed by atoms with Gasteiger partial charge in [-0.3, -0.25) is 4.79 Å². The molecule has 0 bridgehead atoms. The number of nitrogens with zero attached hydrogens (tertiary/aromatic N) is 1. The normalized spacial score (nSPS) is 20.7. The second-order valence-electron chi connectivity index (χ2n) is 9.17. The van der Waals surface area contributed by atoms with Crippen molar-refractivity contribution in [2.24, 2.45) is 5.92 Å². The molecule has 0 aliphatic carbocycles. The van der Waals surface area contributed by atoms with E-state index in [1.807, 2.05) is 37.3 Å². The summed E-state index contributed by atoms with van der Waals surface area (Å²) in [5, 5.41) is 0.138. The first-order valence-corrected chi connectivity index (χ1v) is 13.0. The van der Waals surface area contributed by atoms with Crippen LogP contribution in [0.1, 0.15) is 52.7 Å². The van der Waals surface area contributed by atoms with Crippen LogP contribution in [0.25, 0.3) is 0 Å². The molecule has 1 aromatic rings. The Morgan fingerprint density at radius 3 is 2.45 bits per heavy atom. The number of ether oxygens (including phenoxy) is 1. The largest absolute Gasteiger partial charge is 0.439 e. The number of rotatable bonds is 5. The fraction of sp³-hybridized carbons (Fsp3) is 0.565. The van der Waals surface area contributed by atoms with E-state index in [4.69, 9.17) is 9.16 Å². The number of hydrogen-bond acceptors (Lipinski definition) is 4. The minimum Gasteiger partial charge on any atom is -0.439 e. The van der Waals surface area contributed by atoms with Gasteiger partial charge in [-0.2, -0.15) is 0 Å². The second-order valence-corrected chi connectivity index (χ2v) is 14.0.